The maximum Gasteiger partial charge on any atom is 0.191 e. The quantitative estimate of drug-likeness (QED) is 0.380. The largest absolute Gasteiger partial charge is 0.361 e. The zero-order valence-electron chi connectivity index (χ0n) is 15.7. The van der Waals surface area contributed by atoms with Crippen molar-refractivity contribution in [3.05, 3.63) is 28.7 Å². The van der Waals surface area contributed by atoms with Crippen LogP contribution in [0.4, 0.5) is 0 Å². The molecule has 144 valence electrons. The maximum absolute atomic E-state index is 5.41. The average Bonchev–Trinajstić information content (AvgIpc) is 3.25. The Morgan fingerprint density at radius 1 is 1.15 bits per heavy atom. The number of guanidine groups is 1. The summed E-state index contributed by atoms with van der Waals surface area (Å²) in [4.78, 5) is 4.30. The molecule has 0 unspecified atom stereocenters. The van der Waals surface area contributed by atoms with Crippen molar-refractivity contribution in [2.24, 2.45) is 4.99 Å². The normalized spacial score (nSPS) is 13.9. The van der Waals surface area contributed by atoms with Crippen LogP contribution in [0.3, 0.4) is 0 Å². The second-order valence-corrected chi connectivity index (χ2v) is 6.16. The number of fused-ring (bicyclic) bond motifs is 1. The van der Waals surface area contributed by atoms with E-state index in [1.807, 2.05) is 0 Å². The maximum atomic E-state index is 5.41. The van der Waals surface area contributed by atoms with Gasteiger partial charge in [-0.1, -0.05) is 19.0 Å². The van der Waals surface area contributed by atoms with Crippen LogP contribution in [0.1, 0.15) is 55.4 Å². The van der Waals surface area contributed by atoms with E-state index >= 15 is 0 Å². The highest BCUT2D eigenvalue weighted by atomic mass is 127. The van der Waals surface area contributed by atoms with Crippen molar-refractivity contribution < 1.29 is 4.52 Å². The zero-order valence-corrected chi connectivity index (χ0v) is 18.0. The molecule has 8 nitrogen and oxygen atoms in total. The molecule has 0 fully saturated rings. The van der Waals surface area contributed by atoms with Crippen LogP contribution in [0.15, 0.2) is 9.52 Å². The van der Waals surface area contributed by atoms with Crippen molar-refractivity contribution >= 4 is 29.9 Å². The first-order valence-electron chi connectivity index (χ1n) is 9.08. The van der Waals surface area contributed by atoms with Gasteiger partial charge in [0.2, 0.25) is 0 Å². The smallest absolute Gasteiger partial charge is 0.191 e. The summed E-state index contributed by atoms with van der Waals surface area (Å²) in [7, 11) is 1.77. The van der Waals surface area contributed by atoms with Gasteiger partial charge in [-0.05, 0) is 19.3 Å². The molecule has 26 heavy (non-hydrogen) atoms. The molecule has 0 aliphatic carbocycles. The number of aromatic nitrogens is 4. The molecule has 0 radical (unpaired) electrons. The van der Waals surface area contributed by atoms with Crippen LogP contribution < -0.4 is 10.6 Å². The van der Waals surface area contributed by atoms with E-state index in [2.05, 4.69) is 49.4 Å². The van der Waals surface area contributed by atoms with E-state index in [-0.39, 0.29) is 24.0 Å². The summed E-state index contributed by atoms with van der Waals surface area (Å²) in [6.45, 7) is 6.42. The van der Waals surface area contributed by atoms with Gasteiger partial charge < -0.3 is 19.7 Å². The first-order valence-corrected chi connectivity index (χ1v) is 9.08. The van der Waals surface area contributed by atoms with Gasteiger partial charge in [0, 0.05) is 38.5 Å². The highest BCUT2D eigenvalue weighted by Gasteiger charge is 2.16. The molecular weight excluding hydrogens is 445 g/mol. The van der Waals surface area contributed by atoms with Crippen LogP contribution in [-0.2, 0) is 38.9 Å². The van der Waals surface area contributed by atoms with Crippen LogP contribution in [0.2, 0.25) is 0 Å². The molecule has 2 N–H and O–H groups in total. The second-order valence-electron chi connectivity index (χ2n) is 6.16. The number of aliphatic imine (C=N–C) groups is 1. The number of rotatable bonds is 6. The molecule has 0 amide bonds. The molecule has 3 rings (SSSR count). The molecule has 0 bridgehead atoms. The predicted octanol–water partition coefficient (Wildman–Crippen LogP) is 2.21. The van der Waals surface area contributed by atoms with Gasteiger partial charge in [-0.3, -0.25) is 4.99 Å². The van der Waals surface area contributed by atoms with Gasteiger partial charge in [-0.15, -0.1) is 34.2 Å². The SMILES string of the molecule is CCc1noc(CC)c1CNC(=NC)NCc1nnc2n1CCCC2.I. The number of nitrogens with one attached hydrogen (secondary N) is 2. The van der Waals surface area contributed by atoms with Crippen LogP contribution >= 0.6 is 24.0 Å². The summed E-state index contributed by atoms with van der Waals surface area (Å²) in [5.41, 5.74) is 2.14. The predicted molar refractivity (Wildman–Crippen MR) is 111 cm³/mol. The molecule has 0 spiro atoms. The van der Waals surface area contributed by atoms with Gasteiger partial charge in [-0.2, -0.15) is 0 Å². The zero-order chi connectivity index (χ0) is 17.6. The lowest BCUT2D eigenvalue weighted by atomic mass is 10.1. The fourth-order valence-corrected chi connectivity index (χ4v) is 3.19. The third-order valence-electron chi connectivity index (χ3n) is 4.61. The third kappa shape index (κ3) is 4.54. The summed E-state index contributed by atoms with van der Waals surface area (Å²) < 4.78 is 7.63. The van der Waals surface area contributed by atoms with Gasteiger partial charge >= 0.3 is 0 Å². The highest BCUT2D eigenvalue weighted by Crippen LogP contribution is 2.16. The van der Waals surface area contributed by atoms with E-state index < -0.39 is 0 Å². The number of nitrogens with zero attached hydrogens (tertiary/aromatic N) is 5. The third-order valence-corrected chi connectivity index (χ3v) is 4.61. The van der Waals surface area contributed by atoms with E-state index in [1.165, 1.54) is 12.8 Å². The monoisotopic (exact) mass is 473 g/mol. The number of halogens is 1. The summed E-state index contributed by atoms with van der Waals surface area (Å²) in [6, 6.07) is 0. The molecule has 1 aliphatic heterocycles. The second kappa shape index (κ2) is 9.89. The Bertz CT molecular complexity index is 716. The van der Waals surface area contributed by atoms with E-state index in [9.17, 15) is 0 Å². The summed E-state index contributed by atoms with van der Waals surface area (Å²) >= 11 is 0. The average molecular weight is 473 g/mol. The van der Waals surface area contributed by atoms with E-state index in [0.29, 0.717) is 13.1 Å². The van der Waals surface area contributed by atoms with Gasteiger partial charge in [-0.25, -0.2) is 0 Å². The van der Waals surface area contributed by atoms with Crippen LogP contribution in [0.5, 0.6) is 0 Å². The van der Waals surface area contributed by atoms with Gasteiger partial charge in [0.05, 0.1) is 12.2 Å². The standard InChI is InChI=1S/C17H27N7O.HI/c1-4-13-12(14(5-2)25-23-13)10-19-17(18-3)20-11-16-22-21-15-8-6-7-9-24(15)16;/h4-11H2,1-3H3,(H2,18,19,20);1H. The molecular formula is C17H28IN7O. The van der Waals surface area contributed by atoms with Crippen molar-refractivity contribution in [1.29, 1.82) is 0 Å². The Kier molecular flexibility index (Phi) is 7.85. The van der Waals surface area contributed by atoms with Crippen molar-refractivity contribution in [3.8, 4) is 0 Å². The molecule has 9 heteroatoms. The molecule has 2 aromatic heterocycles. The summed E-state index contributed by atoms with van der Waals surface area (Å²) in [6.07, 6.45) is 5.11. The van der Waals surface area contributed by atoms with E-state index in [1.54, 1.807) is 7.05 Å². The molecule has 2 aromatic rings. The van der Waals surface area contributed by atoms with Crippen molar-refractivity contribution in [2.45, 2.75) is 65.6 Å². The Morgan fingerprint density at radius 3 is 2.69 bits per heavy atom. The Hall–Kier alpha value is -1.65. The molecule has 0 saturated carbocycles. The van der Waals surface area contributed by atoms with Crippen molar-refractivity contribution in [1.82, 2.24) is 30.6 Å². The minimum absolute atomic E-state index is 0. The van der Waals surface area contributed by atoms with Gasteiger partial charge in [0.15, 0.2) is 11.8 Å². The summed E-state index contributed by atoms with van der Waals surface area (Å²) in [5, 5.41) is 19.4. The molecule has 3 heterocycles. The fourth-order valence-electron chi connectivity index (χ4n) is 3.19. The number of hydrogen-bond acceptors (Lipinski definition) is 5. The molecule has 0 aromatic carbocycles. The minimum atomic E-state index is 0. The lowest BCUT2D eigenvalue weighted by Crippen LogP contribution is -2.37. The topological polar surface area (TPSA) is 93.2 Å². The van der Waals surface area contributed by atoms with E-state index in [4.69, 9.17) is 4.52 Å². The first kappa shape index (κ1) is 20.7. The summed E-state index contributed by atoms with van der Waals surface area (Å²) in [5.74, 6) is 3.73. The fraction of sp³-hybridized carbons (Fsp3) is 0.647. The van der Waals surface area contributed by atoms with Crippen LogP contribution in [-0.4, -0.2) is 32.9 Å². The molecule has 0 atom stereocenters. The Labute approximate surface area is 171 Å². The minimum Gasteiger partial charge on any atom is -0.361 e. The van der Waals surface area contributed by atoms with Gasteiger partial charge in [0.25, 0.3) is 0 Å². The Balaban J connectivity index is 0.00000243. The number of hydrogen-bond donors (Lipinski definition) is 2. The first-order chi connectivity index (χ1) is 12.3. The van der Waals surface area contributed by atoms with Crippen LogP contribution in [0.25, 0.3) is 0 Å². The van der Waals surface area contributed by atoms with E-state index in [0.717, 1.165) is 60.4 Å². The molecule has 0 saturated heterocycles. The van der Waals surface area contributed by atoms with Crippen molar-refractivity contribution in [3.63, 3.8) is 0 Å². The molecule has 1 aliphatic rings. The van der Waals surface area contributed by atoms with Gasteiger partial charge in [0.1, 0.15) is 11.6 Å². The highest BCUT2D eigenvalue weighted by molar-refractivity contribution is 14.0. The Morgan fingerprint density at radius 2 is 1.96 bits per heavy atom. The number of aryl methyl sites for hydroxylation is 3. The lowest BCUT2D eigenvalue weighted by molar-refractivity contribution is 0.380. The van der Waals surface area contributed by atoms with Crippen LogP contribution in [0, 0.1) is 0 Å². The van der Waals surface area contributed by atoms with Crippen molar-refractivity contribution in [2.75, 3.05) is 7.05 Å². The lowest BCUT2D eigenvalue weighted by Gasteiger charge is -2.16.